The van der Waals surface area contributed by atoms with Gasteiger partial charge in [-0.15, -0.1) is 16.4 Å². The average molecular weight is 785 g/mol. The molecule has 0 heterocycles. The molecule has 12 rings (SSSR count). The molecule has 1 spiro atoms. The van der Waals surface area contributed by atoms with E-state index in [-0.39, 0.29) is 5.41 Å². The first-order valence-corrected chi connectivity index (χ1v) is 22.2. The summed E-state index contributed by atoms with van der Waals surface area (Å²) < 4.78 is 0. The maximum Gasteiger partial charge on any atom is 0.139 e. The Bertz CT molecular complexity index is 3330. The summed E-state index contributed by atoms with van der Waals surface area (Å²) in [5.41, 5.74) is 28.5. The van der Waals surface area contributed by atoms with E-state index in [1.54, 1.807) is 0 Å². The van der Waals surface area contributed by atoms with E-state index in [9.17, 15) is 0 Å². The Morgan fingerprint density at radius 2 is 0.839 bits per heavy atom. The largest absolute Gasteiger partial charge is 0.310 e. The van der Waals surface area contributed by atoms with Gasteiger partial charge in [0, 0.05) is 22.5 Å². The van der Waals surface area contributed by atoms with E-state index in [1.165, 1.54) is 116 Å². The highest BCUT2D eigenvalue weighted by Gasteiger charge is 2.52. The standard InChI is InChI=1S/C56H44B5N/c1-55(2)42-16-8-5-13-37(42)40-26-24-34(29-46(40)55)62(33-22-19-32(20-23-33)48-50(57)52(59)54(61)53(60)51(48)58)35-25-27-41-47(30-35)56(45-28-21-31-11-3-4-12-36(31)49(41)45)43-17-9-6-14-38(43)39-15-7-10-18-44(39)56/h3-30H,57-61H2,1-2H3. The van der Waals surface area contributed by atoms with Crippen LogP contribution in [0.3, 0.4) is 0 Å². The van der Waals surface area contributed by atoms with Crippen LogP contribution in [0, 0.1) is 0 Å². The Morgan fingerprint density at radius 3 is 1.48 bits per heavy atom. The highest BCUT2D eigenvalue weighted by molar-refractivity contribution is 6.68. The second-order valence-electron chi connectivity index (χ2n) is 18.6. The van der Waals surface area contributed by atoms with Gasteiger partial charge in [0.25, 0.3) is 0 Å². The van der Waals surface area contributed by atoms with E-state index in [4.69, 9.17) is 0 Å². The van der Waals surface area contributed by atoms with Crippen molar-refractivity contribution in [2.45, 2.75) is 24.7 Å². The fourth-order valence-corrected chi connectivity index (χ4v) is 12.0. The number of benzene rings is 9. The second-order valence-corrected chi connectivity index (χ2v) is 18.6. The summed E-state index contributed by atoms with van der Waals surface area (Å²) in [4.78, 5) is 2.51. The van der Waals surface area contributed by atoms with E-state index < -0.39 is 5.41 Å². The molecule has 0 unspecified atom stereocenters. The molecule has 0 atom stereocenters. The smallest absolute Gasteiger partial charge is 0.139 e. The molecule has 1 nitrogen and oxygen atoms in total. The zero-order valence-corrected chi connectivity index (χ0v) is 36.6. The molecule has 0 fully saturated rings. The van der Waals surface area contributed by atoms with Gasteiger partial charge in [-0.25, -0.2) is 0 Å². The Kier molecular flexibility index (Phi) is 7.90. The Balaban J connectivity index is 1.12. The normalized spacial score (nSPS) is 14.2. The molecule has 9 aromatic carbocycles. The van der Waals surface area contributed by atoms with Crippen LogP contribution >= 0.6 is 0 Å². The zero-order valence-electron chi connectivity index (χ0n) is 36.6. The van der Waals surface area contributed by atoms with E-state index >= 15 is 0 Å². The Hall–Kier alpha value is -6.64. The molecule has 0 bridgehead atoms. The van der Waals surface area contributed by atoms with Crippen LogP contribution in [0.1, 0.15) is 47.2 Å². The lowest BCUT2D eigenvalue weighted by molar-refractivity contribution is 0.660. The van der Waals surface area contributed by atoms with Crippen LogP contribution in [-0.4, -0.2) is 39.2 Å². The first-order valence-electron chi connectivity index (χ1n) is 22.2. The third-order valence-electron chi connectivity index (χ3n) is 15.5. The van der Waals surface area contributed by atoms with Gasteiger partial charge in [-0.3, -0.25) is 0 Å². The number of fused-ring (bicyclic) bond motifs is 15. The lowest BCUT2D eigenvalue weighted by atomic mass is 9.60. The molecule has 0 saturated heterocycles. The quantitative estimate of drug-likeness (QED) is 0.201. The van der Waals surface area contributed by atoms with Crippen LogP contribution in [0.15, 0.2) is 170 Å². The van der Waals surface area contributed by atoms with Crippen molar-refractivity contribution >= 4 is 94.4 Å². The van der Waals surface area contributed by atoms with Crippen molar-refractivity contribution in [1.29, 1.82) is 0 Å². The SMILES string of the molecule is Bc1c(B)c(B)c(-c2ccc(N(c3ccc4c(c3)C(C)(C)c3ccccc3-4)c3ccc4c(c3)C3(c5ccccc5-c5ccccc53)c3ccc5ccccc5c3-4)cc2)c(B)c1B. The van der Waals surface area contributed by atoms with Crippen molar-refractivity contribution < 1.29 is 0 Å². The predicted octanol–water partition coefficient (Wildman–Crippen LogP) is 5.92. The maximum absolute atomic E-state index is 2.53. The summed E-state index contributed by atoms with van der Waals surface area (Å²) in [5.74, 6) is 0. The van der Waals surface area contributed by atoms with Crippen LogP contribution < -0.4 is 32.2 Å². The third kappa shape index (κ3) is 4.81. The number of hydrogen-bond donors (Lipinski definition) is 0. The summed E-state index contributed by atoms with van der Waals surface area (Å²) in [7, 11) is 11.4. The zero-order chi connectivity index (χ0) is 42.2. The van der Waals surface area contributed by atoms with Gasteiger partial charge in [-0.05, 0) is 125 Å². The molecule has 0 N–H and O–H groups in total. The minimum atomic E-state index is -0.467. The minimum absolute atomic E-state index is 0.129. The molecule has 3 aliphatic rings. The van der Waals surface area contributed by atoms with Crippen molar-refractivity contribution in [1.82, 2.24) is 0 Å². The summed E-state index contributed by atoms with van der Waals surface area (Å²) in [6, 6.07) is 64.8. The van der Waals surface area contributed by atoms with Crippen molar-refractivity contribution in [2.24, 2.45) is 0 Å². The monoisotopic (exact) mass is 785 g/mol. The van der Waals surface area contributed by atoms with Crippen molar-refractivity contribution in [3.05, 3.63) is 203 Å². The highest BCUT2D eigenvalue weighted by Crippen LogP contribution is 2.64. The van der Waals surface area contributed by atoms with Gasteiger partial charge >= 0.3 is 0 Å². The Labute approximate surface area is 369 Å². The van der Waals surface area contributed by atoms with Crippen molar-refractivity contribution in [3.8, 4) is 44.5 Å². The number of nitrogens with zero attached hydrogens (tertiary/aromatic N) is 1. The van der Waals surface area contributed by atoms with E-state index in [2.05, 4.69) is 228 Å². The molecule has 62 heavy (non-hydrogen) atoms. The topological polar surface area (TPSA) is 3.24 Å². The van der Waals surface area contributed by atoms with Crippen molar-refractivity contribution in [3.63, 3.8) is 0 Å². The summed E-state index contributed by atoms with van der Waals surface area (Å²) in [5, 5.41) is 2.57. The molecule has 0 amide bonds. The summed E-state index contributed by atoms with van der Waals surface area (Å²) >= 11 is 0. The fourth-order valence-electron chi connectivity index (χ4n) is 12.0. The molecule has 0 radical (unpaired) electrons. The van der Waals surface area contributed by atoms with Gasteiger partial charge in [0.2, 0.25) is 0 Å². The van der Waals surface area contributed by atoms with Crippen LogP contribution in [0.5, 0.6) is 0 Å². The lowest BCUT2D eigenvalue weighted by Crippen LogP contribution is -2.55. The van der Waals surface area contributed by atoms with Gasteiger partial charge in [-0.2, -0.15) is 0 Å². The third-order valence-corrected chi connectivity index (χ3v) is 15.5. The van der Waals surface area contributed by atoms with Gasteiger partial charge in [-0.1, -0.05) is 158 Å². The molecule has 0 saturated carbocycles. The van der Waals surface area contributed by atoms with Crippen LogP contribution in [0.2, 0.25) is 0 Å². The average Bonchev–Trinajstić information content (AvgIpc) is 3.86. The minimum Gasteiger partial charge on any atom is -0.310 e. The van der Waals surface area contributed by atoms with E-state index in [0.29, 0.717) is 0 Å². The molecule has 0 aliphatic heterocycles. The predicted molar refractivity (Wildman–Crippen MR) is 279 cm³/mol. The molecule has 9 aromatic rings. The molecular formula is C56H44B5N. The van der Waals surface area contributed by atoms with Crippen molar-refractivity contribution in [2.75, 3.05) is 4.90 Å². The van der Waals surface area contributed by atoms with Gasteiger partial charge in [0.15, 0.2) is 0 Å². The number of rotatable bonds is 4. The molecule has 288 valence electrons. The Morgan fingerprint density at radius 1 is 0.355 bits per heavy atom. The summed E-state index contributed by atoms with van der Waals surface area (Å²) in [6.45, 7) is 4.76. The molecule has 6 heteroatoms. The number of anilines is 3. The number of hydrogen-bond acceptors (Lipinski definition) is 1. The fraction of sp³-hybridized carbons (Fsp3) is 0.0714. The second kappa shape index (κ2) is 13.2. The molecule has 3 aliphatic carbocycles. The van der Waals surface area contributed by atoms with Gasteiger partial charge in [0.1, 0.15) is 39.2 Å². The maximum atomic E-state index is 2.53. The molecule has 0 aromatic heterocycles. The van der Waals surface area contributed by atoms with Gasteiger partial charge in [0.05, 0.1) is 5.41 Å². The molecular weight excluding hydrogens is 741 g/mol. The van der Waals surface area contributed by atoms with E-state index in [0.717, 1.165) is 17.1 Å². The van der Waals surface area contributed by atoms with E-state index in [1.807, 2.05) is 0 Å². The first-order chi connectivity index (χ1) is 30.1. The van der Waals surface area contributed by atoms with Crippen LogP contribution in [0.4, 0.5) is 17.1 Å². The lowest BCUT2D eigenvalue weighted by Gasteiger charge is -2.32. The van der Waals surface area contributed by atoms with Crippen LogP contribution in [-0.2, 0) is 10.8 Å². The highest BCUT2D eigenvalue weighted by atomic mass is 15.1. The van der Waals surface area contributed by atoms with Crippen LogP contribution in [0.25, 0.3) is 55.3 Å². The summed E-state index contributed by atoms with van der Waals surface area (Å²) in [6.07, 6.45) is 0. The first kappa shape index (κ1) is 37.2. The van der Waals surface area contributed by atoms with Gasteiger partial charge < -0.3 is 4.90 Å².